The van der Waals surface area contributed by atoms with Gasteiger partial charge in [-0.25, -0.2) is 8.70 Å². The van der Waals surface area contributed by atoms with Gasteiger partial charge < -0.3 is 10.2 Å². The van der Waals surface area contributed by atoms with Gasteiger partial charge in [0.2, 0.25) is 11.8 Å². The van der Waals surface area contributed by atoms with E-state index in [1.165, 1.54) is 37.2 Å². The zero-order valence-corrected chi connectivity index (χ0v) is 25.3. The van der Waals surface area contributed by atoms with Gasteiger partial charge in [-0.3, -0.25) is 9.59 Å². The number of amides is 2. The molecule has 0 spiro atoms. The maximum atomic E-state index is 14.9. The second-order valence-electron chi connectivity index (χ2n) is 10.6. The summed E-state index contributed by atoms with van der Waals surface area (Å²) in [6.45, 7) is -0.699. The zero-order chi connectivity index (χ0) is 30.3. The van der Waals surface area contributed by atoms with Crippen molar-refractivity contribution in [3.8, 4) is 0 Å². The minimum Gasteiger partial charge on any atom is -0.352 e. The van der Waals surface area contributed by atoms with E-state index >= 15 is 0 Å². The summed E-state index contributed by atoms with van der Waals surface area (Å²) in [7, 11) is -1.66. The molecule has 1 aliphatic carbocycles. The summed E-state index contributed by atoms with van der Waals surface area (Å²) in [5.41, 5.74) is 1.28. The van der Waals surface area contributed by atoms with Gasteiger partial charge in [0.1, 0.15) is 18.4 Å². The molecule has 4 rings (SSSR count). The maximum Gasteiger partial charge on any atom is 0.304 e. The number of rotatable bonds is 12. The van der Waals surface area contributed by atoms with Crippen molar-refractivity contribution in [1.82, 2.24) is 14.5 Å². The van der Waals surface area contributed by atoms with Gasteiger partial charge in [-0.05, 0) is 48.2 Å². The van der Waals surface area contributed by atoms with Crippen molar-refractivity contribution in [1.29, 1.82) is 0 Å². The smallest absolute Gasteiger partial charge is 0.304 e. The van der Waals surface area contributed by atoms with Crippen LogP contribution in [0.25, 0.3) is 0 Å². The Morgan fingerprint density at radius 1 is 0.929 bits per heavy atom. The Balaban J connectivity index is 1.76. The lowest BCUT2D eigenvalue weighted by atomic mass is 10.0. The first kappa shape index (κ1) is 31.5. The Labute approximate surface area is 252 Å². The molecule has 1 atom stereocenters. The van der Waals surface area contributed by atoms with E-state index in [-0.39, 0.29) is 30.6 Å². The molecule has 11 heteroatoms. The van der Waals surface area contributed by atoms with E-state index in [0.29, 0.717) is 10.6 Å². The molecule has 0 heterocycles. The molecule has 1 aliphatic rings. The highest BCUT2D eigenvalue weighted by Crippen LogP contribution is 2.25. The molecule has 42 heavy (non-hydrogen) atoms. The summed E-state index contributed by atoms with van der Waals surface area (Å²) < 4.78 is 43.4. The number of halogens is 2. The van der Waals surface area contributed by atoms with Gasteiger partial charge >= 0.3 is 10.2 Å². The largest absolute Gasteiger partial charge is 0.352 e. The van der Waals surface area contributed by atoms with Crippen LogP contribution in [0.15, 0.2) is 78.9 Å². The minimum atomic E-state index is -4.28. The fourth-order valence-electron chi connectivity index (χ4n) is 5.06. The molecule has 0 unspecified atom stereocenters. The number of para-hydroxylation sites is 1. The van der Waals surface area contributed by atoms with Crippen LogP contribution in [0, 0.1) is 5.82 Å². The number of carbonyl (C=O) groups is 2. The molecule has 0 bridgehead atoms. The minimum absolute atomic E-state index is 0.00675. The van der Waals surface area contributed by atoms with Gasteiger partial charge in [-0.1, -0.05) is 79.0 Å². The summed E-state index contributed by atoms with van der Waals surface area (Å²) in [4.78, 5) is 29.5. The molecule has 1 N–H and O–H groups in total. The first-order valence-electron chi connectivity index (χ1n) is 13.9. The van der Waals surface area contributed by atoms with Crippen LogP contribution in [0.3, 0.4) is 0 Å². The lowest BCUT2D eigenvalue weighted by molar-refractivity contribution is -0.140. The number of nitrogens with zero attached hydrogens (tertiary/aromatic N) is 3. The Morgan fingerprint density at radius 2 is 1.55 bits per heavy atom. The van der Waals surface area contributed by atoms with E-state index in [2.05, 4.69) is 5.32 Å². The first-order chi connectivity index (χ1) is 20.1. The van der Waals surface area contributed by atoms with E-state index in [1.807, 2.05) is 30.3 Å². The van der Waals surface area contributed by atoms with Crippen LogP contribution in [0.2, 0.25) is 5.02 Å². The highest BCUT2D eigenvalue weighted by molar-refractivity contribution is 7.90. The molecule has 0 aromatic heterocycles. The predicted molar refractivity (Wildman–Crippen MR) is 163 cm³/mol. The van der Waals surface area contributed by atoms with E-state index in [4.69, 9.17) is 11.6 Å². The molecule has 2 amide bonds. The van der Waals surface area contributed by atoms with Crippen LogP contribution in [-0.4, -0.2) is 62.2 Å². The summed E-state index contributed by atoms with van der Waals surface area (Å²) in [6.07, 6.45) is 3.95. The summed E-state index contributed by atoms with van der Waals surface area (Å²) in [5.74, 6) is -1.76. The Bertz CT molecular complexity index is 1470. The monoisotopic (exact) mass is 614 g/mol. The molecule has 8 nitrogen and oxygen atoms in total. The second kappa shape index (κ2) is 14.1. The quantitative estimate of drug-likeness (QED) is 0.318. The number of benzene rings is 3. The van der Waals surface area contributed by atoms with Crippen LogP contribution in [-0.2, 0) is 32.8 Å². The molecule has 3 aromatic carbocycles. The van der Waals surface area contributed by atoms with Gasteiger partial charge in [-0.2, -0.15) is 12.7 Å². The molecular weight excluding hydrogens is 579 g/mol. The third-order valence-electron chi connectivity index (χ3n) is 7.38. The number of hydrogen-bond donors (Lipinski definition) is 1. The van der Waals surface area contributed by atoms with Crippen molar-refractivity contribution >= 4 is 39.3 Å². The van der Waals surface area contributed by atoms with Crippen LogP contribution >= 0.6 is 11.6 Å². The van der Waals surface area contributed by atoms with E-state index in [9.17, 15) is 22.4 Å². The van der Waals surface area contributed by atoms with Crippen molar-refractivity contribution in [3.05, 3.63) is 101 Å². The van der Waals surface area contributed by atoms with Crippen molar-refractivity contribution < 1.29 is 22.4 Å². The van der Waals surface area contributed by atoms with E-state index in [0.717, 1.165) is 45.9 Å². The van der Waals surface area contributed by atoms with Crippen molar-refractivity contribution in [2.45, 2.75) is 50.7 Å². The van der Waals surface area contributed by atoms with Crippen LogP contribution < -0.4 is 9.62 Å². The predicted octanol–water partition coefficient (Wildman–Crippen LogP) is 4.79. The van der Waals surface area contributed by atoms with Crippen molar-refractivity contribution in [2.24, 2.45) is 0 Å². The molecule has 1 fully saturated rings. The fourth-order valence-corrected chi connectivity index (χ4v) is 6.25. The Morgan fingerprint density at radius 3 is 2.17 bits per heavy atom. The topological polar surface area (TPSA) is 90.0 Å². The van der Waals surface area contributed by atoms with Crippen LogP contribution in [0.5, 0.6) is 0 Å². The standard InChI is InChI=1S/C31H36ClFN4O4S/c1-35(2)42(40,41)37(28-15-9-8-14-27(28)33)22-30(38)36(21-24-16-18-25(32)19-17-24)29(20-23-10-4-3-5-11-23)31(39)34-26-12-6-7-13-26/h3-5,8-11,14-19,26,29H,6-7,12-13,20-22H2,1-2H3,(H,34,39)/t29-/m0/s1. The first-order valence-corrected chi connectivity index (χ1v) is 15.7. The molecule has 0 radical (unpaired) electrons. The summed E-state index contributed by atoms with van der Waals surface area (Å²) >= 11 is 6.10. The van der Waals surface area contributed by atoms with Gasteiger partial charge in [0.05, 0.1) is 5.69 Å². The summed E-state index contributed by atoms with van der Waals surface area (Å²) in [5, 5.41) is 3.63. The van der Waals surface area contributed by atoms with E-state index < -0.39 is 34.5 Å². The molecular formula is C31H36ClFN4O4S. The lowest BCUT2D eigenvalue weighted by Crippen LogP contribution is -2.55. The molecule has 224 valence electrons. The van der Waals surface area contributed by atoms with Gasteiger partial charge in [0.25, 0.3) is 0 Å². The molecule has 1 saturated carbocycles. The molecule has 0 aliphatic heterocycles. The van der Waals surface area contributed by atoms with Gasteiger partial charge in [0, 0.05) is 38.1 Å². The number of carbonyl (C=O) groups excluding carboxylic acids is 2. The second-order valence-corrected chi connectivity index (χ2v) is 13.1. The van der Waals surface area contributed by atoms with Gasteiger partial charge in [0.15, 0.2) is 0 Å². The van der Waals surface area contributed by atoms with Crippen LogP contribution in [0.1, 0.15) is 36.8 Å². The van der Waals surface area contributed by atoms with Crippen LogP contribution in [0.4, 0.5) is 10.1 Å². The Kier molecular flexibility index (Phi) is 10.6. The average Bonchev–Trinajstić information content (AvgIpc) is 3.48. The van der Waals surface area contributed by atoms with Crippen molar-refractivity contribution in [2.75, 3.05) is 24.9 Å². The third kappa shape index (κ3) is 7.87. The maximum absolute atomic E-state index is 14.9. The highest BCUT2D eigenvalue weighted by Gasteiger charge is 2.36. The normalized spacial score (nSPS) is 14.5. The average molecular weight is 615 g/mol. The number of hydrogen-bond acceptors (Lipinski definition) is 4. The number of nitrogens with one attached hydrogen (secondary N) is 1. The number of anilines is 1. The van der Waals surface area contributed by atoms with E-state index in [1.54, 1.807) is 24.3 Å². The fraction of sp³-hybridized carbons (Fsp3) is 0.355. The molecule has 3 aromatic rings. The zero-order valence-electron chi connectivity index (χ0n) is 23.7. The summed E-state index contributed by atoms with van der Waals surface area (Å²) in [6, 6.07) is 20.6. The SMILES string of the molecule is CN(C)S(=O)(=O)N(CC(=O)N(Cc1ccc(Cl)cc1)[C@@H](Cc1ccccc1)C(=O)NC1CCCC1)c1ccccc1F. The van der Waals surface area contributed by atoms with Gasteiger partial charge in [-0.15, -0.1) is 0 Å². The van der Waals surface area contributed by atoms with Crippen molar-refractivity contribution in [3.63, 3.8) is 0 Å². The third-order valence-corrected chi connectivity index (χ3v) is 9.44. The Hall–Kier alpha value is -3.47. The lowest BCUT2D eigenvalue weighted by Gasteiger charge is -2.35. The highest BCUT2D eigenvalue weighted by atomic mass is 35.5. The molecule has 0 saturated heterocycles.